The first-order valence-corrected chi connectivity index (χ1v) is 6.57. The molecule has 1 rings (SSSR count). The van der Waals surface area contributed by atoms with Gasteiger partial charge in [-0.2, -0.15) is 13.2 Å². The summed E-state index contributed by atoms with van der Waals surface area (Å²) in [7, 11) is 1.73. The van der Waals surface area contributed by atoms with E-state index >= 15 is 0 Å². The highest BCUT2D eigenvalue weighted by atomic mass is 19.4. The van der Waals surface area contributed by atoms with E-state index in [1.807, 2.05) is 6.92 Å². The summed E-state index contributed by atoms with van der Waals surface area (Å²) in [5.74, 6) is -0.0435. The summed E-state index contributed by atoms with van der Waals surface area (Å²) in [5, 5.41) is 2.93. The zero-order valence-electron chi connectivity index (χ0n) is 12.0. The molecule has 0 spiro atoms. The fourth-order valence-electron chi connectivity index (χ4n) is 1.64. The number of hydrogen-bond acceptors (Lipinski definition) is 3. The highest BCUT2D eigenvalue weighted by Gasteiger charge is 2.27. The SMILES string of the molecule is CNC(C)c1ccc(OCCCOCC(F)(F)F)cc1F. The Balaban J connectivity index is 2.32. The van der Waals surface area contributed by atoms with Gasteiger partial charge in [-0.1, -0.05) is 6.07 Å². The standard InChI is InChI=1S/C14H19F4NO2/c1-10(19-2)12-5-4-11(8-13(12)15)21-7-3-6-20-9-14(16,17)18/h4-5,8,10,19H,3,6-7,9H2,1-2H3. The van der Waals surface area contributed by atoms with Gasteiger partial charge in [-0.25, -0.2) is 4.39 Å². The van der Waals surface area contributed by atoms with Crippen molar-refractivity contribution in [3.63, 3.8) is 0 Å². The van der Waals surface area contributed by atoms with Gasteiger partial charge in [0.2, 0.25) is 0 Å². The molecule has 0 heterocycles. The van der Waals surface area contributed by atoms with Gasteiger partial charge in [0.05, 0.1) is 13.2 Å². The van der Waals surface area contributed by atoms with Crippen molar-refractivity contribution < 1.29 is 27.0 Å². The minimum atomic E-state index is -4.32. The van der Waals surface area contributed by atoms with E-state index in [4.69, 9.17) is 4.74 Å². The third-order valence-corrected chi connectivity index (χ3v) is 2.84. The number of nitrogens with one attached hydrogen (secondary N) is 1. The van der Waals surface area contributed by atoms with Crippen molar-refractivity contribution >= 4 is 0 Å². The maximum atomic E-state index is 13.8. The van der Waals surface area contributed by atoms with Crippen LogP contribution in [0.2, 0.25) is 0 Å². The molecule has 0 aliphatic heterocycles. The Kier molecular flexibility index (Phi) is 6.91. The first-order valence-electron chi connectivity index (χ1n) is 6.57. The Labute approximate surface area is 121 Å². The van der Waals surface area contributed by atoms with E-state index in [2.05, 4.69) is 10.1 Å². The molecular formula is C14H19F4NO2. The van der Waals surface area contributed by atoms with E-state index in [-0.39, 0.29) is 25.1 Å². The smallest absolute Gasteiger partial charge is 0.411 e. The highest BCUT2D eigenvalue weighted by molar-refractivity contribution is 5.30. The van der Waals surface area contributed by atoms with Gasteiger partial charge in [-0.15, -0.1) is 0 Å². The van der Waals surface area contributed by atoms with Gasteiger partial charge >= 0.3 is 6.18 Å². The topological polar surface area (TPSA) is 30.5 Å². The van der Waals surface area contributed by atoms with Crippen LogP contribution in [0.1, 0.15) is 24.9 Å². The predicted molar refractivity (Wildman–Crippen MR) is 70.9 cm³/mol. The third kappa shape index (κ3) is 6.77. The summed E-state index contributed by atoms with van der Waals surface area (Å²) in [5.41, 5.74) is 0.526. The van der Waals surface area contributed by atoms with Crippen LogP contribution in [-0.4, -0.2) is 33.0 Å². The van der Waals surface area contributed by atoms with Gasteiger partial charge in [0.25, 0.3) is 0 Å². The van der Waals surface area contributed by atoms with Crippen molar-refractivity contribution in [2.24, 2.45) is 0 Å². The molecule has 0 radical (unpaired) electrons. The minimum absolute atomic E-state index is 0.0587. The number of alkyl halides is 3. The van der Waals surface area contributed by atoms with Gasteiger partial charge in [0, 0.05) is 24.1 Å². The molecule has 1 aromatic carbocycles. The van der Waals surface area contributed by atoms with Crippen LogP contribution in [0.15, 0.2) is 18.2 Å². The lowest BCUT2D eigenvalue weighted by Gasteiger charge is -2.13. The van der Waals surface area contributed by atoms with Gasteiger partial charge in [0.1, 0.15) is 18.2 Å². The molecule has 0 bridgehead atoms. The largest absolute Gasteiger partial charge is 0.493 e. The molecule has 0 fully saturated rings. The molecule has 0 saturated carbocycles. The van der Waals surface area contributed by atoms with Crippen molar-refractivity contribution in [2.75, 3.05) is 26.9 Å². The van der Waals surface area contributed by atoms with E-state index < -0.39 is 12.8 Å². The van der Waals surface area contributed by atoms with Crippen LogP contribution in [0.3, 0.4) is 0 Å². The number of rotatable bonds is 8. The summed E-state index contributed by atoms with van der Waals surface area (Å²) in [6.45, 7) is 0.671. The van der Waals surface area contributed by atoms with Crippen molar-refractivity contribution in [3.8, 4) is 5.75 Å². The van der Waals surface area contributed by atoms with Crippen LogP contribution >= 0.6 is 0 Å². The normalized spacial score (nSPS) is 13.2. The van der Waals surface area contributed by atoms with E-state index in [1.54, 1.807) is 19.2 Å². The summed E-state index contributed by atoms with van der Waals surface area (Å²) in [6.07, 6.45) is -4.02. The van der Waals surface area contributed by atoms with Crippen molar-refractivity contribution in [1.82, 2.24) is 5.32 Å². The first kappa shape index (κ1) is 17.7. The molecule has 21 heavy (non-hydrogen) atoms. The van der Waals surface area contributed by atoms with Crippen LogP contribution in [-0.2, 0) is 4.74 Å². The molecular weight excluding hydrogens is 290 g/mol. The number of halogens is 4. The maximum Gasteiger partial charge on any atom is 0.411 e. The summed E-state index contributed by atoms with van der Waals surface area (Å²) in [4.78, 5) is 0. The van der Waals surface area contributed by atoms with Crippen LogP contribution in [0.25, 0.3) is 0 Å². The van der Waals surface area contributed by atoms with E-state index in [9.17, 15) is 17.6 Å². The van der Waals surface area contributed by atoms with Gasteiger partial charge < -0.3 is 14.8 Å². The quantitative estimate of drug-likeness (QED) is 0.589. The van der Waals surface area contributed by atoms with E-state index in [1.165, 1.54) is 6.07 Å². The van der Waals surface area contributed by atoms with Gasteiger partial charge in [-0.3, -0.25) is 0 Å². The number of ether oxygens (including phenoxy) is 2. The molecule has 0 saturated heterocycles. The molecule has 7 heteroatoms. The predicted octanol–water partition coefficient (Wildman–Crippen LogP) is 3.45. The van der Waals surface area contributed by atoms with E-state index in [0.29, 0.717) is 17.7 Å². The van der Waals surface area contributed by atoms with Crippen LogP contribution < -0.4 is 10.1 Å². The summed E-state index contributed by atoms with van der Waals surface area (Å²) >= 11 is 0. The Morgan fingerprint density at radius 2 is 1.95 bits per heavy atom. The zero-order valence-corrected chi connectivity index (χ0v) is 12.0. The molecule has 3 nitrogen and oxygen atoms in total. The van der Waals surface area contributed by atoms with Crippen molar-refractivity contribution in [1.29, 1.82) is 0 Å². The summed E-state index contributed by atoms with van der Waals surface area (Å²) in [6, 6.07) is 4.39. The number of benzene rings is 1. The Bertz CT molecular complexity index is 437. The van der Waals surface area contributed by atoms with Gasteiger partial charge in [0.15, 0.2) is 0 Å². The lowest BCUT2D eigenvalue weighted by atomic mass is 10.1. The van der Waals surface area contributed by atoms with E-state index in [0.717, 1.165) is 0 Å². The lowest BCUT2D eigenvalue weighted by Crippen LogP contribution is -2.18. The molecule has 1 aromatic rings. The average Bonchev–Trinajstić information content (AvgIpc) is 2.41. The first-order chi connectivity index (χ1) is 9.83. The Morgan fingerprint density at radius 1 is 1.24 bits per heavy atom. The molecule has 1 atom stereocenters. The van der Waals surface area contributed by atoms with Gasteiger partial charge in [-0.05, 0) is 20.0 Å². The molecule has 0 aliphatic rings. The second-order valence-electron chi connectivity index (χ2n) is 4.56. The molecule has 120 valence electrons. The maximum absolute atomic E-state index is 13.8. The molecule has 1 N–H and O–H groups in total. The van der Waals surface area contributed by atoms with Crippen LogP contribution in [0, 0.1) is 5.82 Å². The van der Waals surface area contributed by atoms with Crippen molar-refractivity contribution in [3.05, 3.63) is 29.6 Å². The highest BCUT2D eigenvalue weighted by Crippen LogP contribution is 2.21. The van der Waals surface area contributed by atoms with Crippen molar-refractivity contribution in [2.45, 2.75) is 25.6 Å². The second kappa shape index (κ2) is 8.19. The number of hydrogen-bond donors (Lipinski definition) is 1. The monoisotopic (exact) mass is 309 g/mol. The molecule has 0 aromatic heterocycles. The zero-order chi connectivity index (χ0) is 15.9. The minimum Gasteiger partial charge on any atom is -0.493 e. The lowest BCUT2D eigenvalue weighted by molar-refractivity contribution is -0.174. The molecule has 0 amide bonds. The summed E-state index contributed by atoms with van der Waals surface area (Å²) < 4.78 is 58.9. The molecule has 0 aliphatic carbocycles. The van der Waals surface area contributed by atoms with Crippen LogP contribution in [0.4, 0.5) is 17.6 Å². The fraction of sp³-hybridized carbons (Fsp3) is 0.571. The Hall–Kier alpha value is -1.34. The Morgan fingerprint density at radius 3 is 2.52 bits per heavy atom. The van der Waals surface area contributed by atoms with Crippen LogP contribution in [0.5, 0.6) is 5.75 Å². The third-order valence-electron chi connectivity index (χ3n) is 2.84. The fourth-order valence-corrected chi connectivity index (χ4v) is 1.64. The average molecular weight is 309 g/mol. The second-order valence-corrected chi connectivity index (χ2v) is 4.56. The molecule has 1 unspecified atom stereocenters.